The predicted molar refractivity (Wildman–Crippen MR) is 105 cm³/mol. The SMILES string of the molecule is CCCN(Cc1nnc(-c2ccco2)o1)C(=O)C[C@@H](NC(C)=O)c1ccccc1. The van der Waals surface area contributed by atoms with E-state index in [1.807, 2.05) is 37.3 Å². The van der Waals surface area contributed by atoms with Crippen molar-refractivity contribution < 1.29 is 18.4 Å². The van der Waals surface area contributed by atoms with Crippen molar-refractivity contribution >= 4 is 11.8 Å². The minimum Gasteiger partial charge on any atom is -0.459 e. The topological polar surface area (TPSA) is 101 Å². The lowest BCUT2D eigenvalue weighted by atomic mass is 10.0. The van der Waals surface area contributed by atoms with Gasteiger partial charge in [-0.25, -0.2) is 0 Å². The molecule has 0 saturated heterocycles. The van der Waals surface area contributed by atoms with E-state index in [0.717, 1.165) is 12.0 Å². The monoisotopic (exact) mass is 396 g/mol. The number of nitrogens with zero attached hydrogens (tertiary/aromatic N) is 3. The summed E-state index contributed by atoms with van der Waals surface area (Å²) < 4.78 is 10.9. The number of carbonyl (C=O) groups is 2. The number of nitrogens with one attached hydrogen (secondary N) is 1. The second-order valence-electron chi connectivity index (χ2n) is 6.66. The lowest BCUT2D eigenvalue weighted by molar-refractivity contribution is -0.133. The van der Waals surface area contributed by atoms with E-state index in [-0.39, 0.29) is 30.7 Å². The highest BCUT2D eigenvalue weighted by atomic mass is 16.4. The molecule has 2 heterocycles. The summed E-state index contributed by atoms with van der Waals surface area (Å²) in [4.78, 5) is 26.3. The lowest BCUT2D eigenvalue weighted by Crippen LogP contribution is -2.36. The first-order chi connectivity index (χ1) is 14.1. The van der Waals surface area contributed by atoms with Crippen molar-refractivity contribution in [2.45, 2.75) is 39.3 Å². The number of rotatable bonds is 9. The van der Waals surface area contributed by atoms with Gasteiger partial charge in [0.2, 0.25) is 17.7 Å². The molecule has 8 nitrogen and oxygen atoms in total. The highest BCUT2D eigenvalue weighted by molar-refractivity contribution is 5.79. The minimum atomic E-state index is -0.401. The molecule has 3 rings (SSSR count). The second-order valence-corrected chi connectivity index (χ2v) is 6.66. The summed E-state index contributed by atoms with van der Waals surface area (Å²) in [6.45, 7) is 4.17. The van der Waals surface area contributed by atoms with Crippen LogP contribution in [0.1, 0.15) is 44.2 Å². The average molecular weight is 396 g/mol. The molecule has 1 aromatic carbocycles. The van der Waals surface area contributed by atoms with Crippen LogP contribution in [0.2, 0.25) is 0 Å². The molecule has 0 aliphatic heterocycles. The van der Waals surface area contributed by atoms with Gasteiger partial charge in [-0.2, -0.15) is 0 Å². The Labute approximate surface area is 168 Å². The van der Waals surface area contributed by atoms with Crippen LogP contribution in [-0.4, -0.2) is 33.5 Å². The van der Waals surface area contributed by atoms with Gasteiger partial charge in [0.1, 0.15) is 0 Å². The van der Waals surface area contributed by atoms with Crippen LogP contribution in [0.4, 0.5) is 0 Å². The van der Waals surface area contributed by atoms with Crippen molar-refractivity contribution in [3.8, 4) is 11.7 Å². The number of furan rings is 1. The Balaban J connectivity index is 1.71. The Kier molecular flexibility index (Phi) is 6.78. The van der Waals surface area contributed by atoms with E-state index in [2.05, 4.69) is 15.5 Å². The van der Waals surface area contributed by atoms with E-state index in [9.17, 15) is 9.59 Å². The van der Waals surface area contributed by atoms with E-state index in [1.54, 1.807) is 17.0 Å². The van der Waals surface area contributed by atoms with Crippen LogP contribution in [0.25, 0.3) is 11.7 Å². The van der Waals surface area contributed by atoms with Gasteiger partial charge in [0.25, 0.3) is 5.89 Å². The Hall–Kier alpha value is -3.42. The Morgan fingerprint density at radius 2 is 1.93 bits per heavy atom. The number of benzene rings is 1. The van der Waals surface area contributed by atoms with E-state index in [1.165, 1.54) is 13.2 Å². The first-order valence-electron chi connectivity index (χ1n) is 9.53. The summed E-state index contributed by atoms with van der Waals surface area (Å²) in [5, 5.41) is 10.9. The van der Waals surface area contributed by atoms with Crippen molar-refractivity contribution in [2.75, 3.05) is 6.54 Å². The van der Waals surface area contributed by atoms with Gasteiger partial charge < -0.3 is 19.1 Å². The normalized spacial score (nSPS) is 11.8. The van der Waals surface area contributed by atoms with Crippen LogP contribution >= 0.6 is 0 Å². The smallest absolute Gasteiger partial charge is 0.283 e. The molecule has 0 spiro atoms. The molecule has 0 bridgehead atoms. The average Bonchev–Trinajstić information content (AvgIpc) is 3.39. The molecule has 0 aliphatic rings. The second kappa shape index (κ2) is 9.68. The molecule has 0 aliphatic carbocycles. The van der Waals surface area contributed by atoms with Gasteiger partial charge in [0.15, 0.2) is 5.76 Å². The number of aromatic nitrogens is 2. The van der Waals surface area contributed by atoms with Gasteiger partial charge in [0, 0.05) is 13.5 Å². The van der Waals surface area contributed by atoms with Crippen LogP contribution in [0.15, 0.2) is 57.6 Å². The maximum atomic E-state index is 13.0. The molecule has 1 atom stereocenters. The van der Waals surface area contributed by atoms with E-state index >= 15 is 0 Å². The van der Waals surface area contributed by atoms with Gasteiger partial charge >= 0.3 is 0 Å². The Morgan fingerprint density at radius 3 is 2.59 bits per heavy atom. The number of carbonyl (C=O) groups excluding carboxylic acids is 2. The Morgan fingerprint density at radius 1 is 1.14 bits per heavy atom. The number of hydrogen-bond acceptors (Lipinski definition) is 6. The van der Waals surface area contributed by atoms with Crippen molar-refractivity contribution in [1.82, 2.24) is 20.4 Å². The van der Waals surface area contributed by atoms with E-state index < -0.39 is 6.04 Å². The molecule has 3 aromatic rings. The van der Waals surface area contributed by atoms with Gasteiger partial charge in [-0.1, -0.05) is 37.3 Å². The highest BCUT2D eigenvalue weighted by Crippen LogP contribution is 2.21. The summed E-state index contributed by atoms with van der Waals surface area (Å²) in [5.41, 5.74) is 0.880. The summed E-state index contributed by atoms with van der Waals surface area (Å²) in [6.07, 6.45) is 2.45. The molecule has 0 radical (unpaired) electrons. The van der Waals surface area contributed by atoms with Crippen LogP contribution in [-0.2, 0) is 16.1 Å². The van der Waals surface area contributed by atoms with Crippen molar-refractivity contribution in [1.29, 1.82) is 0 Å². The van der Waals surface area contributed by atoms with Gasteiger partial charge in [-0.15, -0.1) is 10.2 Å². The third kappa shape index (κ3) is 5.54. The predicted octanol–water partition coefficient (Wildman–Crippen LogP) is 3.34. The summed E-state index contributed by atoms with van der Waals surface area (Å²) in [7, 11) is 0. The molecular formula is C21H24N4O4. The number of hydrogen-bond donors (Lipinski definition) is 1. The molecule has 2 amide bonds. The molecule has 0 fully saturated rings. The van der Waals surface area contributed by atoms with Crippen LogP contribution in [0.3, 0.4) is 0 Å². The van der Waals surface area contributed by atoms with Crippen molar-refractivity contribution in [3.05, 3.63) is 60.2 Å². The summed E-state index contributed by atoms with van der Waals surface area (Å²) >= 11 is 0. The van der Waals surface area contributed by atoms with Gasteiger partial charge in [-0.3, -0.25) is 9.59 Å². The van der Waals surface area contributed by atoms with Crippen LogP contribution in [0, 0.1) is 0 Å². The highest BCUT2D eigenvalue weighted by Gasteiger charge is 2.23. The van der Waals surface area contributed by atoms with Crippen molar-refractivity contribution in [3.63, 3.8) is 0 Å². The molecule has 0 saturated carbocycles. The third-order valence-corrected chi connectivity index (χ3v) is 4.33. The largest absolute Gasteiger partial charge is 0.459 e. The molecular weight excluding hydrogens is 372 g/mol. The van der Waals surface area contributed by atoms with Crippen LogP contribution in [0.5, 0.6) is 0 Å². The molecule has 1 N–H and O–H groups in total. The van der Waals surface area contributed by atoms with Crippen LogP contribution < -0.4 is 5.32 Å². The number of amides is 2. The zero-order valence-electron chi connectivity index (χ0n) is 16.5. The standard InChI is InChI=1S/C21H24N4O4/c1-3-11-25(14-19-23-24-21(29-19)18-10-7-12-28-18)20(27)13-17(22-15(2)26)16-8-5-4-6-9-16/h4-10,12,17H,3,11,13-14H2,1-2H3,(H,22,26)/t17-/m1/s1. The fourth-order valence-corrected chi connectivity index (χ4v) is 3.03. The fraction of sp³-hybridized carbons (Fsp3) is 0.333. The third-order valence-electron chi connectivity index (χ3n) is 4.33. The fourth-order valence-electron chi connectivity index (χ4n) is 3.03. The van der Waals surface area contributed by atoms with E-state index in [0.29, 0.717) is 18.2 Å². The van der Waals surface area contributed by atoms with Gasteiger partial charge in [0.05, 0.1) is 25.3 Å². The van der Waals surface area contributed by atoms with E-state index in [4.69, 9.17) is 8.83 Å². The zero-order valence-corrected chi connectivity index (χ0v) is 16.5. The summed E-state index contributed by atoms with van der Waals surface area (Å²) in [5.74, 6) is 0.788. The maximum Gasteiger partial charge on any atom is 0.283 e. The first kappa shape index (κ1) is 20.3. The zero-order chi connectivity index (χ0) is 20.6. The van der Waals surface area contributed by atoms with Gasteiger partial charge in [-0.05, 0) is 24.1 Å². The van der Waals surface area contributed by atoms with Crippen molar-refractivity contribution in [2.24, 2.45) is 0 Å². The molecule has 29 heavy (non-hydrogen) atoms. The minimum absolute atomic E-state index is 0.104. The first-order valence-corrected chi connectivity index (χ1v) is 9.53. The molecule has 152 valence electrons. The molecule has 2 aromatic heterocycles. The summed E-state index contributed by atoms with van der Waals surface area (Å²) in [6, 6.07) is 12.5. The molecule has 8 heteroatoms. The molecule has 0 unspecified atom stereocenters. The maximum absolute atomic E-state index is 13.0. The lowest BCUT2D eigenvalue weighted by Gasteiger charge is -2.24. The quantitative estimate of drug-likeness (QED) is 0.595. The Bertz CT molecular complexity index is 921.